The van der Waals surface area contributed by atoms with Gasteiger partial charge in [-0.2, -0.15) is 0 Å². The Balaban J connectivity index is 2.19. The van der Waals surface area contributed by atoms with Gasteiger partial charge in [-0.15, -0.1) is 0 Å². The van der Waals surface area contributed by atoms with Crippen molar-refractivity contribution in [2.24, 2.45) is 0 Å². The highest BCUT2D eigenvalue weighted by molar-refractivity contribution is 5.89. The third kappa shape index (κ3) is 4.86. The topological polar surface area (TPSA) is 83.4 Å². The molecule has 1 aromatic heterocycles. The van der Waals surface area contributed by atoms with Crippen LogP contribution in [0, 0.1) is 6.92 Å². The molecule has 0 saturated heterocycles. The summed E-state index contributed by atoms with van der Waals surface area (Å²) in [5.74, 6) is -1.21. The number of nitrogens with zero attached hydrogens (tertiary/aromatic N) is 1. The first-order chi connectivity index (χ1) is 11.7. The normalized spacial score (nSPS) is 11.2. The van der Waals surface area contributed by atoms with Crippen LogP contribution in [0.5, 0.6) is 0 Å². The second-order valence-corrected chi connectivity index (χ2v) is 6.76. The van der Waals surface area contributed by atoms with Gasteiger partial charge in [0.15, 0.2) is 0 Å². The Morgan fingerprint density at radius 3 is 2.40 bits per heavy atom. The predicted molar refractivity (Wildman–Crippen MR) is 93.2 cm³/mol. The van der Waals surface area contributed by atoms with Crippen molar-refractivity contribution in [1.29, 1.82) is 0 Å². The molecule has 6 nitrogen and oxygen atoms in total. The fraction of sp³-hybridized carbons (Fsp3) is 0.368. The van der Waals surface area contributed by atoms with E-state index in [-0.39, 0.29) is 5.56 Å². The van der Waals surface area contributed by atoms with Crippen molar-refractivity contribution in [2.45, 2.75) is 39.8 Å². The summed E-state index contributed by atoms with van der Waals surface area (Å²) in [5.41, 5.74) is 1.84. The van der Waals surface area contributed by atoms with Crippen LogP contribution in [0.4, 0.5) is 4.79 Å². The second-order valence-electron chi connectivity index (χ2n) is 6.76. The number of carbonyl (C=O) groups excluding carboxylic acids is 2. The number of aromatic nitrogens is 1. The molecule has 25 heavy (non-hydrogen) atoms. The summed E-state index contributed by atoms with van der Waals surface area (Å²) < 4.78 is 7.06. The maximum absolute atomic E-state index is 11.8. The lowest BCUT2D eigenvalue weighted by Gasteiger charge is -2.20. The summed E-state index contributed by atoms with van der Waals surface area (Å²) in [6.07, 6.45) is -0.501. The van der Waals surface area contributed by atoms with Crippen LogP contribution in [0.3, 0.4) is 0 Å². The zero-order valence-corrected chi connectivity index (χ0v) is 15.0. The predicted octanol–water partition coefficient (Wildman–Crippen LogP) is 2.35. The van der Waals surface area contributed by atoms with E-state index in [0.29, 0.717) is 18.8 Å². The van der Waals surface area contributed by atoms with Crippen molar-refractivity contribution in [3.8, 4) is 11.3 Å². The number of benzene rings is 1. The number of nitrogens with one attached hydrogen (secondary N) is 1. The number of aromatic carboxylic acids is 1. The van der Waals surface area contributed by atoms with E-state index in [0.717, 1.165) is 11.3 Å². The van der Waals surface area contributed by atoms with Gasteiger partial charge in [-0.3, -0.25) is 0 Å². The molecular weight excluding hydrogens is 320 g/mol. The average Bonchev–Trinajstić information content (AvgIpc) is 2.84. The SMILES string of the molecule is Cc1c(C(=O)[O-])cc(-c2ccccc2)n1CCNC(=O)OC(C)(C)C. The molecule has 1 aromatic carbocycles. The lowest BCUT2D eigenvalue weighted by atomic mass is 10.1. The zero-order chi connectivity index (χ0) is 18.6. The molecule has 0 fully saturated rings. The highest BCUT2D eigenvalue weighted by Gasteiger charge is 2.17. The maximum Gasteiger partial charge on any atom is 0.407 e. The first-order valence-corrected chi connectivity index (χ1v) is 8.13. The summed E-state index contributed by atoms with van der Waals surface area (Å²) >= 11 is 0. The van der Waals surface area contributed by atoms with Gasteiger partial charge < -0.3 is 24.5 Å². The number of carbonyl (C=O) groups is 2. The Kier molecular flexibility index (Phi) is 5.51. The van der Waals surface area contributed by atoms with E-state index in [4.69, 9.17) is 4.74 Å². The third-order valence-electron chi connectivity index (χ3n) is 3.66. The van der Waals surface area contributed by atoms with Crippen LogP contribution >= 0.6 is 0 Å². The standard InChI is InChI=1S/C19H24N2O4/c1-13-15(17(22)23)12-16(14-8-6-5-7-9-14)21(13)11-10-20-18(24)25-19(2,3)4/h5-9,12H,10-11H2,1-4H3,(H,20,24)(H,22,23)/p-1. The first kappa shape index (κ1) is 18.6. The minimum Gasteiger partial charge on any atom is -0.545 e. The molecule has 6 heteroatoms. The number of amides is 1. The first-order valence-electron chi connectivity index (χ1n) is 8.13. The van der Waals surface area contributed by atoms with Crippen LogP contribution in [-0.2, 0) is 11.3 Å². The van der Waals surface area contributed by atoms with E-state index >= 15 is 0 Å². The summed E-state index contributed by atoms with van der Waals surface area (Å²) in [6, 6.07) is 11.1. The van der Waals surface area contributed by atoms with Crippen LogP contribution in [0.1, 0.15) is 36.8 Å². The van der Waals surface area contributed by atoms with Gasteiger partial charge >= 0.3 is 6.09 Å². The van der Waals surface area contributed by atoms with Crippen molar-refractivity contribution in [3.63, 3.8) is 0 Å². The number of rotatable bonds is 5. The minimum absolute atomic E-state index is 0.149. The highest BCUT2D eigenvalue weighted by Crippen LogP contribution is 2.25. The molecule has 0 spiro atoms. The van der Waals surface area contributed by atoms with Gasteiger partial charge in [-0.05, 0) is 39.3 Å². The minimum atomic E-state index is -1.21. The average molecular weight is 343 g/mol. The van der Waals surface area contributed by atoms with Crippen molar-refractivity contribution >= 4 is 12.1 Å². The van der Waals surface area contributed by atoms with Gasteiger partial charge in [0.1, 0.15) is 5.60 Å². The second kappa shape index (κ2) is 7.42. The Morgan fingerprint density at radius 1 is 1.20 bits per heavy atom. The molecule has 0 aliphatic rings. The highest BCUT2D eigenvalue weighted by atomic mass is 16.6. The smallest absolute Gasteiger partial charge is 0.407 e. The van der Waals surface area contributed by atoms with E-state index in [9.17, 15) is 14.7 Å². The molecule has 0 aliphatic heterocycles. The molecule has 134 valence electrons. The van der Waals surface area contributed by atoms with Crippen molar-refractivity contribution in [1.82, 2.24) is 9.88 Å². The third-order valence-corrected chi connectivity index (χ3v) is 3.66. The number of hydrogen-bond donors (Lipinski definition) is 1. The molecule has 0 bridgehead atoms. The van der Waals surface area contributed by atoms with E-state index < -0.39 is 17.7 Å². The Hall–Kier alpha value is -2.76. The summed E-state index contributed by atoms with van der Waals surface area (Å²) in [6.45, 7) is 7.84. The number of hydrogen-bond acceptors (Lipinski definition) is 4. The van der Waals surface area contributed by atoms with Crippen LogP contribution in [0.2, 0.25) is 0 Å². The molecule has 1 amide bonds. The van der Waals surface area contributed by atoms with Crippen molar-refractivity contribution in [3.05, 3.63) is 47.7 Å². The molecule has 0 aliphatic carbocycles. The van der Waals surface area contributed by atoms with E-state index in [1.54, 1.807) is 33.8 Å². The summed E-state index contributed by atoms with van der Waals surface area (Å²) in [4.78, 5) is 23.1. The number of carboxylic acids is 1. The monoisotopic (exact) mass is 343 g/mol. The molecule has 0 saturated carbocycles. The lowest BCUT2D eigenvalue weighted by Crippen LogP contribution is -2.34. The molecule has 0 radical (unpaired) electrons. The van der Waals surface area contributed by atoms with Crippen LogP contribution in [-0.4, -0.2) is 28.8 Å². The van der Waals surface area contributed by atoms with Gasteiger partial charge in [0.25, 0.3) is 0 Å². The molecule has 2 aromatic rings. The van der Waals surface area contributed by atoms with Crippen LogP contribution in [0.25, 0.3) is 11.3 Å². The molecule has 2 rings (SSSR count). The number of carboxylic acid groups (broad SMARTS) is 1. The van der Waals surface area contributed by atoms with Crippen molar-refractivity contribution < 1.29 is 19.4 Å². The van der Waals surface area contributed by atoms with Gasteiger partial charge in [-0.25, -0.2) is 4.79 Å². The van der Waals surface area contributed by atoms with Crippen LogP contribution in [0.15, 0.2) is 36.4 Å². The number of alkyl carbamates (subject to hydrolysis) is 1. The molecule has 0 unspecified atom stereocenters. The van der Waals surface area contributed by atoms with E-state index in [2.05, 4.69) is 5.32 Å². The maximum atomic E-state index is 11.8. The summed E-state index contributed by atoms with van der Waals surface area (Å²) in [5, 5.41) is 14.0. The molecule has 0 atom stereocenters. The summed E-state index contributed by atoms with van der Waals surface area (Å²) in [7, 11) is 0. The van der Waals surface area contributed by atoms with Gasteiger partial charge in [0.05, 0.1) is 5.97 Å². The zero-order valence-electron chi connectivity index (χ0n) is 15.0. The Bertz CT molecular complexity index is 758. The van der Waals surface area contributed by atoms with Gasteiger partial charge in [0, 0.05) is 30.0 Å². The Morgan fingerprint density at radius 2 is 1.84 bits per heavy atom. The molecule has 1 heterocycles. The Labute approximate surface area is 147 Å². The fourth-order valence-electron chi connectivity index (χ4n) is 2.57. The quantitative estimate of drug-likeness (QED) is 0.903. The van der Waals surface area contributed by atoms with Crippen LogP contribution < -0.4 is 10.4 Å². The largest absolute Gasteiger partial charge is 0.545 e. The lowest BCUT2D eigenvalue weighted by molar-refractivity contribution is -0.255. The molecule has 1 N–H and O–H groups in total. The fourth-order valence-corrected chi connectivity index (χ4v) is 2.57. The van der Waals surface area contributed by atoms with Crippen molar-refractivity contribution in [2.75, 3.05) is 6.54 Å². The van der Waals surface area contributed by atoms with Gasteiger partial charge in [0.2, 0.25) is 0 Å². The van der Waals surface area contributed by atoms with Gasteiger partial charge in [-0.1, -0.05) is 30.3 Å². The van der Waals surface area contributed by atoms with E-state index in [1.807, 2.05) is 34.9 Å². The van der Waals surface area contributed by atoms with E-state index in [1.165, 1.54) is 0 Å². The number of ether oxygens (including phenoxy) is 1. The molecular formula is C19H23N2O4-.